The Morgan fingerprint density at radius 2 is 1.59 bits per heavy atom. The number of aryl methyl sites for hydroxylation is 1. The van der Waals surface area contributed by atoms with E-state index >= 15 is 0 Å². The normalized spacial score (nSPS) is 20.6. The molecule has 0 unspecified atom stereocenters. The van der Waals surface area contributed by atoms with Crippen LogP contribution in [0.5, 0.6) is 0 Å². The molecule has 4 nitrogen and oxygen atoms in total. The van der Waals surface area contributed by atoms with Gasteiger partial charge in [-0.1, -0.05) is 33.8 Å². The molecule has 4 heteroatoms. The summed E-state index contributed by atoms with van der Waals surface area (Å²) in [4.78, 5) is 11.0. The third-order valence-corrected chi connectivity index (χ3v) is 6.70. The number of carboxylic acid groups (broad SMARTS) is 1. The number of benzene rings is 2. The van der Waals surface area contributed by atoms with Crippen molar-refractivity contribution in [1.29, 1.82) is 0 Å². The summed E-state index contributed by atoms with van der Waals surface area (Å²) < 4.78 is 0. The fourth-order valence-electron chi connectivity index (χ4n) is 4.65. The first-order chi connectivity index (χ1) is 13.7. The van der Waals surface area contributed by atoms with Gasteiger partial charge < -0.3 is 5.11 Å². The predicted octanol–water partition coefficient (Wildman–Crippen LogP) is 5.89. The monoisotopic (exact) mass is 390 g/mol. The number of hydrazone groups is 1. The fraction of sp³-hybridized carbons (Fsp3) is 0.440. The lowest BCUT2D eigenvalue weighted by atomic mass is 9.62. The molecule has 0 amide bonds. The number of carboxylic acids is 1. The van der Waals surface area contributed by atoms with Crippen molar-refractivity contribution in [1.82, 2.24) is 0 Å². The number of carbonyl (C=O) groups is 1. The fourth-order valence-corrected chi connectivity index (χ4v) is 4.65. The van der Waals surface area contributed by atoms with Crippen LogP contribution in [0.2, 0.25) is 0 Å². The Morgan fingerprint density at radius 1 is 0.966 bits per heavy atom. The third kappa shape index (κ3) is 3.68. The summed E-state index contributed by atoms with van der Waals surface area (Å²) in [5.41, 5.74) is 11.4. The molecule has 2 aliphatic carbocycles. The van der Waals surface area contributed by atoms with Crippen LogP contribution in [0.25, 0.3) is 0 Å². The lowest BCUT2D eigenvalue weighted by molar-refractivity contribution is 0.0697. The Kier molecular flexibility index (Phi) is 4.76. The first-order valence-corrected chi connectivity index (χ1v) is 10.5. The summed E-state index contributed by atoms with van der Waals surface area (Å²) in [6.45, 7) is 9.45. The summed E-state index contributed by atoms with van der Waals surface area (Å²) in [5, 5.41) is 13.8. The zero-order valence-corrected chi connectivity index (χ0v) is 17.8. The minimum atomic E-state index is -0.917. The van der Waals surface area contributed by atoms with E-state index in [2.05, 4.69) is 45.3 Å². The summed E-state index contributed by atoms with van der Waals surface area (Å²) in [6, 6.07) is 11.6. The molecule has 0 atom stereocenters. The van der Waals surface area contributed by atoms with Gasteiger partial charge in [0.15, 0.2) is 0 Å². The van der Waals surface area contributed by atoms with Crippen LogP contribution in [0.15, 0.2) is 41.5 Å². The van der Waals surface area contributed by atoms with E-state index in [4.69, 9.17) is 10.2 Å². The SMILES string of the molecule is CC1(C)CCC(C)(C)c2cc3c(cc21)CCCC3=NNc1ccc(C(=O)O)cc1. The standard InChI is InChI=1S/C25H30N2O2/c1-24(2)12-13-25(3,4)21-15-19-17(14-20(21)24)6-5-7-22(19)27-26-18-10-8-16(9-11-18)23(28)29/h8-11,14-15,26H,5-7,12-13H2,1-4H3,(H,28,29). The highest BCUT2D eigenvalue weighted by Crippen LogP contribution is 2.47. The zero-order chi connectivity index (χ0) is 20.8. The van der Waals surface area contributed by atoms with Crippen LogP contribution in [0.4, 0.5) is 5.69 Å². The highest BCUT2D eigenvalue weighted by atomic mass is 16.4. The summed E-state index contributed by atoms with van der Waals surface area (Å²) in [7, 11) is 0. The number of fused-ring (bicyclic) bond motifs is 2. The molecule has 2 aliphatic rings. The maximum Gasteiger partial charge on any atom is 0.335 e. The van der Waals surface area contributed by atoms with E-state index in [0.29, 0.717) is 0 Å². The maximum absolute atomic E-state index is 11.0. The summed E-state index contributed by atoms with van der Waals surface area (Å²) >= 11 is 0. The molecule has 0 saturated heterocycles. The van der Waals surface area contributed by atoms with Crippen LogP contribution >= 0.6 is 0 Å². The second-order valence-electron chi connectivity index (χ2n) is 9.73. The van der Waals surface area contributed by atoms with E-state index in [1.165, 1.54) is 35.1 Å². The molecule has 2 aromatic rings. The number of nitrogens with one attached hydrogen (secondary N) is 1. The van der Waals surface area contributed by atoms with Gasteiger partial charge in [0.1, 0.15) is 0 Å². The number of aromatic carboxylic acids is 1. The van der Waals surface area contributed by atoms with Crippen molar-refractivity contribution >= 4 is 17.4 Å². The summed E-state index contributed by atoms with van der Waals surface area (Å²) in [5.74, 6) is -0.917. The number of anilines is 1. The van der Waals surface area contributed by atoms with E-state index in [1.807, 2.05) is 0 Å². The highest BCUT2D eigenvalue weighted by molar-refractivity contribution is 6.03. The first kappa shape index (κ1) is 19.7. The molecule has 0 bridgehead atoms. The number of hydrogen-bond acceptors (Lipinski definition) is 3. The summed E-state index contributed by atoms with van der Waals surface area (Å²) in [6.07, 6.45) is 5.59. The Hall–Kier alpha value is -2.62. The molecule has 2 N–H and O–H groups in total. The van der Waals surface area contributed by atoms with Crippen molar-refractivity contribution in [3.05, 3.63) is 64.2 Å². The average Bonchev–Trinajstić information content (AvgIpc) is 2.69. The molecule has 2 aromatic carbocycles. The largest absolute Gasteiger partial charge is 0.478 e. The van der Waals surface area contributed by atoms with E-state index in [1.54, 1.807) is 24.3 Å². The van der Waals surface area contributed by atoms with Gasteiger partial charge in [-0.25, -0.2) is 4.79 Å². The minimum Gasteiger partial charge on any atom is -0.478 e. The van der Waals surface area contributed by atoms with Gasteiger partial charge in [0.25, 0.3) is 0 Å². The van der Waals surface area contributed by atoms with Crippen LogP contribution in [0.1, 0.15) is 86.0 Å². The van der Waals surface area contributed by atoms with E-state index in [-0.39, 0.29) is 16.4 Å². The van der Waals surface area contributed by atoms with Crippen molar-refractivity contribution < 1.29 is 9.90 Å². The third-order valence-electron chi connectivity index (χ3n) is 6.70. The molecule has 29 heavy (non-hydrogen) atoms. The molecule has 4 rings (SSSR count). The molecular weight excluding hydrogens is 360 g/mol. The molecule has 0 saturated carbocycles. The van der Waals surface area contributed by atoms with Crippen LogP contribution < -0.4 is 5.43 Å². The van der Waals surface area contributed by atoms with Gasteiger partial charge in [-0.15, -0.1) is 0 Å². The van der Waals surface area contributed by atoms with E-state index in [9.17, 15) is 4.79 Å². The average molecular weight is 391 g/mol. The van der Waals surface area contributed by atoms with Crippen LogP contribution in [0, 0.1) is 0 Å². The lowest BCUT2D eigenvalue weighted by Crippen LogP contribution is -2.34. The molecule has 0 radical (unpaired) electrons. The first-order valence-electron chi connectivity index (χ1n) is 10.5. The van der Waals surface area contributed by atoms with Gasteiger partial charge >= 0.3 is 5.97 Å². The van der Waals surface area contributed by atoms with Crippen molar-refractivity contribution in [2.75, 3.05) is 5.43 Å². The van der Waals surface area contributed by atoms with Crippen molar-refractivity contribution in [3.63, 3.8) is 0 Å². The van der Waals surface area contributed by atoms with Crippen LogP contribution in [0.3, 0.4) is 0 Å². The molecule has 152 valence electrons. The zero-order valence-electron chi connectivity index (χ0n) is 17.8. The molecule has 0 aliphatic heterocycles. The van der Waals surface area contributed by atoms with Gasteiger partial charge in [-0.2, -0.15) is 5.10 Å². The molecular formula is C25H30N2O2. The van der Waals surface area contributed by atoms with Gasteiger partial charge in [0.2, 0.25) is 0 Å². The van der Waals surface area contributed by atoms with Crippen molar-refractivity contribution in [2.45, 2.75) is 70.6 Å². The molecule has 0 spiro atoms. The van der Waals surface area contributed by atoms with E-state index < -0.39 is 5.97 Å². The smallest absolute Gasteiger partial charge is 0.335 e. The maximum atomic E-state index is 11.0. The van der Waals surface area contributed by atoms with Gasteiger partial charge in [0, 0.05) is 5.56 Å². The number of nitrogens with zero attached hydrogens (tertiary/aromatic N) is 1. The Bertz CT molecular complexity index is 985. The quantitative estimate of drug-likeness (QED) is 0.643. The Morgan fingerprint density at radius 3 is 2.21 bits per heavy atom. The van der Waals surface area contributed by atoms with Crippen LogP contribution in [-0.2, 0) is 17.3 Å². The molecule has 0 aromatic heterocycles. The minimum absolute atomic E-state index is 0.183. The van der Waals surface area contributed by atoms with Gasteiger partial charge in [-0.3, -0.25) is 5.43 Å². The molecule has 0 heterocycles. The number of hydrogen-bond donors (Lipinski definition) is 2. The number of rotatable bonds is 3. The Labute approximate surface area is 173 Å². The molecule has 0 fully saturated rings. The second-order valence-corrected chi connectivity index (χ2v) is 9.73. The second kappa shape index (κ2) is 7.01. The van der Waals surface area contributed by atoms with Crippen molar-refractivity contribution in [3.8, 4) is 0 Å². The topological polar surface area (TPSA) is 61.7 Å². The van der Waals surface area contributed by atoms with Gasteiger partial charge in [-0.05, 0) is 90.0 Å². The van der Waals surface area contributed by atoms with Crippen LogP contribution in [-0.4, -0.2) is 16.8 Å². The Balaban J connectivity index is 1.69. The van der Waals surface area contributed by atoms with Gasteiger partial charge in [0.05, 0.1) is 17.0 Å². The lowest BCUT2D eigenvalue weighted by Gasteiger charge is -2.43. The van der Waals surface area contributed by atoms with E-state index in [0.717, 1.165) is 30.7 Å². The highest BCUT2D eigenvalue weighted by Gasteiger charge is 2.38. The van der Waals surface area contributed by atoms with Crippen molar-refractivity contribution in [2.24, 2.45) is 5.10 Å². The predicted molar refractivity (Wildman–Crippen MR) is 118 cm³/mol.